The number of esters is 1. The van der Waals surface area contributed by atoms with E-state index in [2.05, 4.69) is 0 Å². The van der Waals surface area contributed by atoms with Crippen molar-refractivity contribution in [2.24, 2.45) is 0 Å². The normalized spacial score (nSPS) is 16.5. The van der Waals surface area contributed by atoms with Crippen molar-refractivity contribution in [3.63, 3.8) is 0 Å². The van der Waals surface area contributed by atoms with Crippen molar-refractivity contribution in [1.29, 1.82) is 0 Å². The van der Waals surface area contributed by atoms with Gasteiger partial charge in [0.2, 0.25) is 10.0 Å². The highest BCUT2D eigenvalue weighted by atomic mass is 32.2. The largest absolute Gasteiger partial charge is 0.514 e. The van der Waals surface area contributed by atoms with Crippen LogP contribution >= 0.6 is 0 Å². The molecule has 1 aliphatic heterocycles. The van der Waals surface area contributed by atoms with Crippen LogP contribution in [0.4, 0.5) is 0 Å². The van der Waals surface area contributed by atoms with E-state index in [0.717, 1.165) is 20.9 Å². The summed E-state index contributed by atoms with van der Waals surface area (Å²) in [7, 11) is -5.43. The quantitative estimate of drug-likeness (QED) is 0.258. The number of sulfonamides is 1. The molecule has 196 valence electrons. The van der Waals surface area contributed by atoms with Gasteiger partial charge in [-0.15, -0.1) is 0 Å². The molecule has 1 unspecified atom stereocenters. The maximum atomic E-state index is 13.9. The monoisotopic (exact) mass is 539 g/mol. The highest BCUT2D eigenvalue weighted by molar-refractivity contribution is 7.90. The molecule has 4 aromatic carbocycles. The predicted octanol–water partition coefficient (Wildman–Crippen LogP) is 4.22. The lowest BCUT2D eigenvalue weighted by molar-refractivity contribution is -0.136. The minimum absolute atomic E-state index is 0.00681. The van der Waals surface area contributed by atoms with E-state index in [1.807, 2.05) is 37.3 Å². The average Bonchev–Trinajstić information content (AvgIpc) is 3.32. The van der Waals surface area contributed by atoms with Crippen molar-refractivity contribution in [3.05, 3.63) is 120 Å². The molecule has 7 nitrogen and oxygen atoms in total. The molecule has 0 saturated carbocycles. The molecule has 0 aliphatic carbocycles. The Morgan fingerprint density at radius 2 is 1.41 bits per heavy atom. The second kappa shape index (κ2) is 10.9. The fourth-order valence-electron chi connectivity index (χ4n) is 4.55. The SMILES string of the molecule is Cc1ccc(S(=O)(=O)N2B(c3ccccc3)OC(=O)C2[C@@H](C)OC(=O)c2ccc(-c3ccccc3)cc2)cc1. The molecular weight excluding hydrogens is 513 g/mol. The Balaban J connectivity index is 1.44. The number of hydrogen-bond donors (Lipinski definition) is 0. The van der Waals surface area contributed by atoms with Gasteiger partial charge in [0.1, 0.15) is 6.10 Å². The Morgan fingerprint density at radius 1 is 0.846 bits per heavy atom. The van der Waals surface area contributed by atoms with Gasteiger partial charge in [0.15, 0.2) is 6.04 Å². The fraction of sp³-hybridized carbons (Fsp3) is 0.133. The van der Waals surface area contributed by atoms with Crippen molar-refractivity contribution in [3.8, 4) is 11.1 Å². The number of aryl methyl sites for hydroxylation is 1. The van der Waals surface area contributed by atoms with E-state index in [-0.39, 0.29) is 10.5 Å². The first kappa shape index (κ1) is 26.4. The molecule has 5 rings (SSSR count). The van der Waals surface area contributed by atoms with Crippen LogP contribution in [0.2, 0.25) is 0 Å². The van der Waals surface area contributed by atoms with Crippen LogP contribution in [-0.2, 0) is 24.2 Å². The Kier molecular flexibility index (Phi) is 7.37. The predicted molar refractivity (Wildman–Crippen MR) is 149 cm³/mol. The fourth-order valence-corrected chi connectivity index (χ4v) is 6.25. The maximum absolute atomic E-state index is 13.9. The van der Waals surface area contributed by atoms with E-state index < -0.39 is 41.2 Å². The molecule has 1 heterocycles. The highest BCUT2D eigenvalue weighted by Crippen LogP contribution is 2.29. The van der Waals surface area contributed by atoms with Gasteiger partial charge in [0.25, 0.3) is 0 Å². The van der Waals surface area contributed by atoms with Gasteiger partial charge in [0.05, 0.1) is 10.5 Å². The molecule has 0 radical (unpaired) electrons. The Labute approximate surface area is 228 Å². The summed E-state index contributed by atoms with van der Waals surface area (Å²) >= 11 is 0. The molecule has 1 fully saturated rings. The van der Waals surface area contributed by atoms with E-state index in [0.29, 0.717) is 5.46 Å². The van der Waals surface area contributed by atoms with E-state index >= 15 is 0 Å². The van der Waals surface area contributed by atoms with E-state index in [4.69, 9.17) is 9.39 Å². The molecule has 9 heteroatoms. The third kappa shape index (κ3) is 5.37. The third-order valence-electron chi connectivity index (χ3n) is 6.62. The van der Waals surface area contributed by atoms with E-state index in [1.165, 1.54) is 19.1 Å². The molecule has 0 N–H and O–H groups in total. The Bertz CT molecular complexity index is 1580. The molecule has 1 saturated heterocycles. The van der Waals surface area contributed by atoms with Crippen molar-refractivity contribution < 1.29 is 27.4 Å². The molecule has 0 bridgehead atoms. The number of benzene rings is 4. The number of nitrogens with zero attached hydrogens (tertiary/aromatic N) is 1. The van der Waals surface area contributed by atoms with Gasteiger partial charge in [-0.1, -0.05) is 90.5 Å². The number of carbonyl (C=O) groups is 2. The highest BCUT2D eigenvalue weighted by Gasteiger charge is 2.56. The minimum atomic E-state index is -4.22. The lowest BCUT2D eigenvalue weighted by Crippen LogP contribution is -2.54. The zero-order valence-corrected chi connectivity index (χ0v) is 22.2. The van der Waals surface area contributed by atoms with Crippen molar-refractivity contribution in [1.82, 2.24) is 4.22 Å². The summed E-state index contributed by atoms with van der Waals surface area (Å²) < 4.78 is 40.0. The first-order chi connectivity index (χ1) is 18.8. The minimum Gasteiger partial charge on any atom is -0.514 e. The van der Waals surface area contributed by atoms with Gasteiger partial charge in [-0.25, -0.2) is 13.2 Å². The summed E-state index contributed by atoms with van der Waals surface area (Å²) in [5.41, 5.74) is 3.59. The summed E-state index contributed by atoms with van der Waals surface area (Å²) in [6, 6.07) is 30.2. The number of ether oxygens (including phenoxy) is 1. The molecule has 2 atom stereocenters. The summed E-state index contributed by atoms with van der Waals surface area (Å²) in [5.74, 6) is -1.47. The Hall–Kier alpha value is -4.21. The molecular formula is C30H26BNO6S. The van der Waals surface area contributed by atoms with Crippen LogP contribution in [0.3, 0.4) is 0 Å². The van der Waals surface area contributed by atoms with Gasteiger partial charge in [-0.3, -0.25) is 4.79 Å². The van der Waals surface area contributed by atoms with Crippen molar-refractivity contribution in [2.45, 2.75) is 30.9 Å². The van der Waals surface area contributed by atoms with Crippen LogP contribution in [0.1, 0.15) is 22.8 Å². The Morgan fingerprint density at radius 3 is 2.03 bits per heavy atom. The lowest BCUT2D eigenvalue weighted by Gasteiger charge is -2.27. The van der Waals surface area contributed by atoms with Crippen LogP contribution < -0.4 is 5.46 Å². The van der Waals surface area contributed by atoms with Gasteiger partial charge in [-0.2, -0.15) is 4.22 Å². The molecule has 39 heavy (non-hydrogen) atoms. The first-order valence-electron chi connectivity index (χ1n) is 12.5. The first-order valence-corrected chi connectivity index (χ1v) is 13.9. The molecule has 0 spiro atoms. The van der Waals surface area contributed by atoms with Crippen LogP contribution in [0.15, 0.2) is 114 Å². The second-order valence-corrected chi connectivity index (χ2v) is 11.2. The topological polar surface area (TPSA) is 90.0 Å². The zero-order valence-electron chi connectivity index (χ0n) is 21.4. The van der Waals surface area contributed by atoms with Gasteiger partial charge in [0, 0.05) is 0 Å². The number of hydrogen-bond acceptors (Lipinski definition) is 6. The van der Waals surface area contributed by atoms with Gasteiger partial charge in [-0.05, 0) is 54.7 Å². The molecule has 0 aromatic heterocycles. The van der Waals surface area contributed by atoms with Crippen molar-refractivity contribution >= 4 is 34.5 Å². The second-order valence-electron chi connectivity index (χ2n) is 9.35. The van der Waals surface area contributed by atoms with E-state index in [9.17, 15) is 18.0 Å². The van der Waals surface area contributed by atoms with Crippen LogP contribution in [0.25, 0.3) is 11.1 Å². The average molecular weight is 539 g/mol. The molecule has 1 aliphatic rings. The van der Waals surface area contributed by atoms with Crippen LogP contribution in [0, 0.1) is 6.92 Å². The third-order valence-corrected chi connectivity index (χ3v) is 8.46. The van der Waals surface area contributed by atoms with Gasteiger partial charge >= 0.3 is 19.0 Å². The van der Waals surface area contributed by atoms with Crippen LogP contribution in [0.5, 0.6) is 0 Å². The van der Waals surface area contributed by atoms with Gasteiger partial charge < -0.3 is 9.39 Å². The number of carbonyl (C=O) groups excluding carboxylic acids is 2. The van der Waals surface area contributed by atoms with Crippen molar-refractivity contribution in [2.75, 3.05) is 0 Å². The standard InChI is InChI=1S/C30H26BNO6S/c1-21-13-19-27(20-14-21)39(35,36)32-28(30(34)38-31(32)26-11-7-4-8-12-26)22(2)37-29(33)25-17-15-24(16-18-25)23-9-5-3-6-10-23/h3-20,22,28H,1-2H3/t22-,28?/m1/s1. The smallest absolute Gasteiger partial charge is 0.502 e. The molecule has 0 amide bonds. The summed E-state index contributed by atoms with van der Waals surface area (Å²) in [6.45, 7) is 3.34. The summed E-state index contributed by atoms with van der Waals surface area (Å²) in [5, 5.41) is 0. The zero-order chi connectivity index (χ0) is 27.6. The lowest BCUT2D eigenvalue weighted by atomic mass is 9.74. The summed E-state index contributed by atoms with van der Waals surface area (Å²) in [6.07, 6.45) is -1.13. The maximum Gasteiger partial charge on any atom is 0.502 e. The number of rotatable bonds is 7. The van der Waals surface area contributed by atoms with E-state index in [1.54, 1.807) is 66.7 Å². The van der Waals surface area contributed by atoms with Crippen LogP contribution in [-0.4, -0.2) is 43.8 Å². The molecule has 4 aromatic rings. The summed E-state index contributed by atoms with van der Waals surface area (Å²) in [4.78, 5) is 26.2.